The van der Waals surface area contributed by atoms with Crippen molar-refractivity contribution in [1.82, 2.24) is 9.97 Å². The van der Waals surface area contributed by atoms with Crippen molar-refractivity contribution in [3.63, 3.8) is 0 Å². The summed E-state index contributed by atoms with van der Waals surface area (Å²) in [5.41, 5.74) is 1.15. The smallest absolute Gasteiger partial charge is 0.224 e. The first-order valence-corrected chi connectivity index (χ1v) is 7.38. The number of rotatable bonds is 5. The van der Waals surface area contributed by atoms with Gasteiger partial charge in [-0.1, -0.05) is 12.1 Å². The van der Waals surface area contributed by atoms with Crippen LogP contribution in [0, 0.1) is 0 Å². The predicted molar refractivity (Wildman–Crippen MR) is 85.4 cm³/mol. The molecule has 0 radical (unpaired) electrons. The van der Waals surface area contributed by atoms with Gasteiger partial charge in [0.05, 0.1) is 20.3 Å². The van der Waals surface area contributed by atoms with Gasteiger partial charge in [0.25, 0.3) is 0 Å². The molecule has 1 aliphatic heterocycles. The van der Waals surface area contributed by atoms with Crippen LogP contribution in [0.1, 0.15) is 5.56 Å². The van der Waals surface area contributed by atoms with Crippen LogP contribution in [0.25, 0.3) is 0 Å². The molecule has 0 unspecified atom stereocenters. The Morgan fingerprint density at radius 2 is 1.95 bits per heavy atom. The molecule has 6 nitrogen and oxygen atoms in total. The van der Waals surface area contributed by atoms with Gasteiger partial charge in [0.15, 0.2) is 0 Å². The van der Waals surface area contributed by atoms with Crippen molar-refractivity contribution in [3.05, 3.63) is 42.1 Å². The highest BCUT2D eigenvalue weighted by molar-refractivity contribution is 5.43. The molecule has 1 aliphatic rings. The Balaban J connectivity index is 1.62. The molecule has 6 heteroatoms. The molecule has 0 bridgehead atoms. The first-order valence-electron chi connectivity index (χ1n) is 7.38. The average molecular weight is 300 g/mol. The van der Waals surface area contributed by atoms with Crippen LogP contribution in [-0.2, 0) is 11.3 Å². The molecule has 2 heterocycles. The quantitative estimate of drug-likeness (QED) is 0.910. The van der Waals surface area contributed by atoms with Crippen LogP contribution in [0.15, 0.2) is 36.5 Å². The highest BCUT2D eigenvalue weighted by Crippen LogP contribution is 2.15. The van der Waals surface area contributed by atoms with Crippen LogP contribution < -0.4 is 15.0 Å². The third-order valence-corrected chi connectivity index (χ3v) is 3.59. The van der Waals surface area contributed by atoms with Crippen molar-refractivity contribution in [2.75, 3.05) is 43.6 Å². The standard InChI is InChI=1S/C16H20N4O2/c1-21-14-4-2-13(3-5-14)12-18-16-17-7-6-15(19-16)20-8-10-22-11-9-20/h2-7H,8-12H2,1H3,(H,17,18,19). The van der Waals surface area contributed by atoms with Crippen LogP contribution in [0.5, 0.6) is 5.75 Å². The van der Waals surface area contributed by atoms with E-state index in [-0.39, 0.29) is 0 Å². The van der Waals surface area contributed by atoms with Crippen molar-refractivity contribution in [2.24, 2.45) is 0 Å². The molecule has 0 atom stereocenters. The van der Waals surface area contributed by atoms with E-state index in [9.17, 15) is 0 Å². The number of morpholine rings is 1. The first-order chi connectivity index (χ1) is 10.8. The van der Waals surface area contributed by atoms with Gasteiger partial charge in [0, 0.05) is 25.8 Å². The van der Waals surface area contributed by atoms with E-state index in [1.54, 1.807) is 13.3 Å². The summed E-state index contributed by atoms with van der Waals surface area (Å²) in [5.74, 6) is 2.43. The SMILES string of the molecule is COc1ccc(CNc2nccc(N3CCOCC3)n2)cc1. The second-order valence-corrected chi connectivity index (χ2v) is 5.04. The number of hydrogen-bond donors (Lipinski definition) is 1. The molecule has 1 aromatic carbocycles. The number of aromatic nitrogens is 2. The fourth-order valence-corrected chi connectivity index (χ4v) is 2.33. The van der Waals surface area contributed by atoms with Crippen molar-refractivity contribution in [1.29, 1.82) is 0 Å². The Labute approximate surface area is 130 Å². The maximum Gasteiger partial charge on any atom is 0.224 e. The third kappa shape index (κ3) is 3.65. The van der Waals surface area contributed by atoms with Gasteiger partial charge in [0.2, 0.25) is 5.95 Å². The van der Waals surface area contributed by atoms with Gasteiger partial charge in [0.1, 0.15) is 11.6 Å². The molecular formula is C16H20N4O2. The van der Waals surface area contributed by atoms with Crippen molar-refractivity contribution < 1.29 is 9.47 Å². The van der Waals surface area contributed by atoms with E-state index in [4.69, 9.17) is 9.47 Å². The predicted octanol–water partition coefficient (Wildman–Crippen LogP) is 1.93. The van der Waals surface area contributed by atoms with E-state index in [2.05, 4.69) is 20.2 Å². The molecule has 1 fully saturated rings. The highest BCUT2D eigenvalue weighted by Gasteiger charge is 2.12. The minimum Gasteiger partial charge on any atom is -0.497 e. The summed E-state index contributed by atoms with van der Waals surface area (Å²) >= 11 is 0. The van der Waals surface area contributed by atoms with Crippen molar-refractivity contribution in [2.45, 2.75) is 6.54 Å². The second-order valence-electron chi connectivity index (χ2n) is 5.04. The minimum atomic E-state index is 0.639. The number of nitrogens with one attached hydrogen (secondary N) is 1. The van der Waals surface area contributed by atoms with E-state index in [0.29, 0.717) is 12.5 Å². The van der Waals surface area contributed by atoms with Gasteiger partial charge >= 0.3 is 0 Å². The maximum atomic E-state index is 5.36. The van der Waals surface area contributed by atoms with Crippen molar-refractivity contribution in [3.8, 4) is 5.75 Å². The summed E-state index contributed by atoms with van der Waals surface area (Å²) < 4.78 is 10.5. The normalized spacial score (nSPS) is 14.7. The van der Waals surface area contributed by atoms with E-state index in [1.165, 1.54) is 0 Å². The molecule has 3 rings (SSSR count). The van der Waals surface area contributed by atoms with Crippen LogP contribution in [0.2, 0.25) is 0 Å². The summed E-state index contributed by atoms with van der Waals surface area (Å²) in [6.07, 6.45) is 1.79. The topological polar surface area (TPSA) is 59.5 Å². The Hall–Kier alpha value is -2.34. The maximum absolute atomic E-state index is 5.36. The fourth-order valence-electron chi connectivity index (χ4n) is 2.33. The number of ether oxygens (including phenoxy) is 2. The lowest BCUT2D eigenvalue weighted by Crippen LogP contribution is -2.36. The van der Waals surface area contributed by atoms with Crippen LogP contribution in [0.3, 0.4) is 0 Å². The van der Waals surface area contributed by atoms with E-state index < -0.39 is 0 Å². The van der Waals surface area contributed by atoms with Gasteiger partial charge in [-0.25, -0.2) is 4.98 Å². The zero-order chi connectivity index (χ0) is 15.2. The van der Waals surface area contributed by atoms with Crippen LogP contribution >= 0.6 is 0 Å². The molecule has 1 saturated heterocycles. The molecule has 0 amide bonds. The second kappa shape index (κ2) is 7.09. The number of benzene rings is 1. The molecule has 1 aromatic heterocycles. The summed E-state index contributed by atoms with van der Waals surface area (Å²) in [6.45, 7) is 3.91. The summed E-state index contributed by atoms with van der Waals surface area (Å²) in [5, 5.41) is 3.26. The zero-order valence-electron chi connectivity index (χ0n) is 12.7. The van der Waals surface area contributed by atoms with Crippen LogP contribution in [0.4, 0.5) is 11.8 Å². The Morgan fingerprint density at radius 1 is 1.18 bits per heavy atom. The molecular weight excluding hydrogens is 280 g/mol. The minimum absolute atomic E-state index is 0.639. The molecule has 2 aromatic rings. The molecule has 0 saturated carbocycles. The van der Waals surface area contributed by atoms with E-state index >= 15 is 0 Å². The zero-order valence-corrected chi connectivity index (χ0v) is 12.7. The molecule has 116 valence electrons. The van der Waals surface area contributed by atoms with Crippen molar-refractivity contribution >= 4 is 11.8 Å². The largest absolute Gasteiger partial charge is 0.497 e. The Bertz CT molecular complexity index is 597. The summed E-state index contributed by atoms with van der Waals surface area (Å²) in [7, 11) is 1.66. The molecule has 22 heavy (non-hydrogen) atoms. The lowest BCUT2D eigenvalue weighted by molar-refractivity contribution is 0.122. The van der Waals surface area contributed by atoms with E-state index in [0.717, 1.165) is 43.4 Å². The highest BCUT2D eigenvalue weighted by atomic mass is 16.5. The van der Waals surface area contributed by atoms with Gasteiger partial charge in [-0.05, 0) is 23.8 Å². The number of hydrogen-bond acceptors (Lipinski definition) is 6. The van der Waals surface area contributed by atoms with Gasteiger partial charge in [-0.15, -0.1) is 0 Å². The number of anilines is 2. The van der Waals surface area contributed by atoms with E-state index in [1.807, 2.05) is 30.3 Å². The first kappa shape index (κ1) is 14.6. The molecule has 0 spiro atoms. The van der Waals surface area contributed by atoms with Gasteiger partial charge in [-0.2, -0.15) is 4.98 Å². The fraction of sp³-hybridized carbons (Fsp3) is 0.375. The van der Waals surface area contributed by atoms with Gasteiger partial charge in [-0.3, -0.25) is 0 Å². The summed E-state index contributed by atoms with van der Waals surface area (Å²) in [4.78, 5) is 11.1. The third-order valence-electron chi connectivity index (χ3n) is 3.59. The average Bonchev–Trinajstić information content (AvgIpc) is 2.61. The summed E-state index contributed by atoms with van der Waals surface area (Å²) in [6, 6.07) is 9.88. The lowest BCUT2D eigenvalue weighted by atomic mass is 10.2. The Kier molecular flexibility index (Phi) is 4.70. The Morgan fingerprint density at radius 3 is 2.68 bits per heavy atom. The van der Waals surface area contributed by atoms with Crippen LogP contribution in [-0.4, -0.2) is 43.4 Å². The van der Waals surface area contributed by atoms with Gasteiger partial charge < -0.3 is 19.7 Å². The lowest BCUT2D eigenvalue weighted by Gasteiger charge is -2.27. The molecule has 1 N–H and O–H groups in total. The monoisotopic (exact) mass is 300 g/mol. The molecule has 0 aliphatic carbocycles. The number of nitrogens with zero attached hydrogens (tertiary/aromatic N) is 3. The number of methoxy groups -OCH3 is 1.